The van der Waals surface area contributed by atoms with Gasteiger partial charge in [-0.2, -0.15) is 0 Å². The van der Waals surface area contributed by atoms with Crippen molar-refractivity contribution < 1.29 is 22.4 Å². The zero-order chi connectivity index (χ0) is 27.9. The molecule has 0 bridgehead atoms. The van der Waals surface area contributed by atoms with Crippen molar-refractivity contribution in [2.24, 2.45) is 0 Å². The smallest absolute Gasteiger partial charge is 0.264 e. The van der Waals surface area contributed by atoms with E-state index < -0.39 is 40.2 Å². The Balaban J connectivity index is 2.03. The van der Waals surface area contributed by atoms with E-state index in [0.29, 0.717) is 12.1 Å². The largest absolute Gasteiger partial charge is 0.352 e. The summed E-state index contributed by atoms with van der Waals surface area (Å²) in [4.78, 5) is 28.1. The molecule has 3 aromatic carbocycles. The third-order valence-corrected chi connectivity index (χ3v) is 8.15. The van der Waals surface area contributed by atoms with Crippen LogP contribution in [0.25, 0.3) is 0 Å². The van der Waals surface area contributed by atoms with Crippen LogP contribution >= 0.6 is 0 Å². The lowest BCUT2D eigenvalue weighted by Crippen LogP contribution is -2.52. The van der Waals surface area contributed by atoms with Gasteiger partial charge in [-0.3, -0.25) is 13.9 Å². The molecule has 202 valence electrons. The van der Waals surface area contributed by atoms with Crippen molar-refractivity contribution in [1.29, 1.82) is 0 Å². The van der Waals surface area contributed by atoms with E-state index in [1.165, 1.54) is 35.2 Å². The zero-order valence-corrected chi connectivity index (χ0v) is 22.9. The number of sulfonamides is 1. The standard InChI is InChI=1S/C29H34FN3O4S/c1-5-22(3)31-29(35)23(4)32(19-24-13-9-10-17-27(24)30)28(34)20-33(25-14-11-12-21(2)18-25)38(36,37)26-15-7-6-8-16-26/h6-18,22-23H,5,19-20H2,1-4H3,(H,31,35). The number of hydrogen-bond donors (Lipinski definition) is 1. The van der Waals surface area contributed by atoms with Crippen molar-refractivity contribution in [1.82, 2.24) is 10.2 Å². The van der Waals surface area contributed by atoms with Crippen LogP contribution in [0.15, 0.2) is 83.8 Å². The molecule has 2 unspecified atom stereocenters. The molecule has 0 aliphatic carbocycles. The van der Waals surface area contributed by atoms with Gasteiger partial charge in [0.1, 0.15) is 18.4 Å². The molecule has 0 saturated heterocycles. The Morgan fingerprint density at radius 2 is 1.61 bits per heavy atom. The summed E-state index contributed by atoms with van der Waals surface area (Å²) >= 11 is 0. The predicted molar refractivity (Wildman–Crippen MR) is 146 cm³/mol. The van der Waals surface area contributed by atoms with Crippen molar-refractivity contribution in [3.05, 3.63) is 95.8 Å². The van der Waals surface area contributed by atoms with Gasteiger partial charge in [0.15, 0.2) is 0 Å². The van der Waals surface area contributed by atoms with Crippen molar-refractivity contribution in [2.75, 3.05) is 10.8 Å². The van der Waals surface area contributed by atoms with Gasteiger partial charge in [0.05, 0.1) is 10.6 Å². The zero-order valence-electron chi connectivity index (χ0n) is 22.1. The minimum absolute atomic E-state index is 0.0255. The third kappa shape index (κ3) is 6.98. The van der Waals surface area contributed by atoms with Crippen molar-refractivity contribution in [3.63, 3.8) is 0 Å². The van der Waals surface area contributed by atoms with Crippen LogP contribution in [-0.2, 0) is 26.2 Å². The van der Waals surface area contributed by atoms with E-state index in [9.17, 15) is 22.4 Å². The molecule has 3 rings (SSSR count). The second kappa shape index (κ2) is 12.7. The summed E-state index contributed by atoms with van der Waals surface area (Å²) in [5.41, 5.74) is 1.34. The number of nitrogens with one attached hydrogen (secondary N) is 1. The number of amides is 2. The number of aryl methyl sites for hydroxylation is 1. The fraction of sp³-hybridized carbons (Fsp3) is 0.310. The highest BCUT2D eigenvalue weighted by atomic mass is 32.2. The predicted octanol–water partition coefficient (Wildman–Crippen LogP) is 4.66. The lowest BCUT2D eigenvalue weighted by Gasteiger charge is -2.32. The van der Waals surface area contributed by atoms with Gasteiger partial charge in [-0.1, -0.05) is 55.5 Å². The molecule has 3 aromatic rings. The summed E-state index contributed by atoms with van der Waals surface area (Å²) in [5, 5.41) is 2.86. The van der Waals surface area contributed by atoms with E-state index in [-0.39, 0.29) is 23.0 Å². The first kappa shape index (κ1) is 28.8. The fourth-order valence-corrected chi connectivity index (χ4v) is 5.32. The van der Waals surface area contributed by atoms with Crippen LogP contribution in [-0.4, -0.2) is 43.8 Å². The summed E-state index contributed by atoms with van der Waals surface area (Å²) in [6.45, 7) is 6.37. The molecule has 0 aliphatic heterocycles. The fourth-order valence-electron chi connectivity index (χ4n) is 3.89. The molecule has 0 heterocycles. The van der Waals surface area contributed by atoms with Crippen molar-refractivity contribution >= 4 is 27.5 Å². The first-order chi connectivity index (χ1) is 18.0. The molecular formula is C29H34FN3O4S. The maximum atomic E-state index is 14.6. The van der Waals surface area contributed by atoms with Crippen LogP contribution in [0.1, 0.15) is 38.3 Å². The molecule has 0 aromatic heterocycles. The number of rotatable bonds is 11. The number of benzene rings is 3. The van der Waals surface area contributed by atoms with Crippen LogP contribution in [0.4, 0.5) is 10.1 Å². The molecule has 9 heteroatoms. The summed E-state index contributed by atoms with van der Waals surface area (Å²) in [5.74, 6) is -1.56. The Hall–Kier alpha value is -3.72. The van der Waals surface area contributed by atoms with Gasteiger partial charge in [-0.25, -0.2) is 12.8 Å². The Bertz CT molecular complexity index is 1370. The Labute approximate surface area is 224 Å². The number of hydrogen-bond acceptors (Lipinski definition) is 4. The van der Waals surface area contributed by atoms with Gasteiger partial charge in [0.2, 0.25) is 11.8 Å². The van der Waals surface area contributed by atoms with Gasteiger partial charge in [0.25, 0.3) is 10.0 Å². The summed E-state index contributed by atoms with van der Waals surface area (Å²) < 4.78 is 43.1. The van der Waals surface area contributed by atoms with Crippen LogP contribution in [0.5, 0.6) is 0 Å². The average molecular weight is 540 g/mol. The SMILES string of the molecule is CCC(C)NC(=O)C(C)N(Cc1ccccc1F)C(=O)CN(c1cccc(C)c1)S(=O)(=O)c1ccccc1. The Morgan fingerprint density at radius 1 is 0.947 bits per heavy atom. The molecule has 0 fully saturated rings. The van der Waals surface area contributed by atoms with Gasteiger partial charge in [-0.05, 0) is 63.1 Å². The maximum absolute atomic E-state index is 14.6. The van der Waals surface area contributed by atoms with E-state index in [1.54, 1.807) is 49.4 Å². The summed E-state index contributed by atoms with van der Waals surface area (Å²) in [6.07, 6.45) is 0.691. The minimum Gasteiger partial charge on any atom is -0.352 e. The molecule has 0 spiro atoms. The highest BCUT2D eigenvalue weighted by Crippen LogP contribution is 2.25. The van der Waals surface area contributed by atoms with E-state index in [1.807, 2.05) is 26.8 Å². The van der Waals surface area contributed by atoms with Gasteiger partial charge in [0, 0.05) is 18.2 Å². The second-order valence-corrected chi connectivity index (χ2v) is 11.1. The topological polar surface area (TPSA) is 86.8 Å². The normalized spacial score (nSPS) is 12.9. The Morgan fingerprint density at radius 3 is 2.24 bits per heavy atom. The van der Waals surface area contributed by atoms with Crippen LogP contribution in [0.3, 0.4) is 0 Å². The lowest BCUT2D eigenvalue weighted by atomic mass is 10.1. The highest BCUT2D eigenvalue weighted by Gasteiger charge is 2.33. The molecule has 38 heavy (non-hydrogen) atoms. The number of halogens is 1. The Kier molecular flexibility index (Phi) is 9.63. The van der Waals surface area contributed by atoms with Crippen LogP contribution in [0.2, 0.25) is 0 Å². The first-order valence-electron chi connectivity index (χ1n) is 12.5. The van der Waals surface area contributed by atoms with Crippen molar-refractivity contribution in [2.45, 2.75) is 57.6 Å². The van der Waals surface area contributed by atoms with Crippen LogP contribution in [0, 0.1) is 12.7 Å². The third-order valence-electron chi connectivity index (χ3n) is 6.37. The molecule has 2 atom stereocenters. The number of nitrogens with zero attached hydrogens (tertiary/aromatic N) is 2. The molecule has 0 saturated carbocycles. The minimum atomic E-state index is -4.14. The summed E-state index contributed by atoms with van der Waals surface area (Å²) in [6, 6.07) is 19.5. The molecule has 7 nitrogen and oxygen atoms in total. The van der Waals surface area contributed by atoms with E-state index in [0.717, 1.165) is 9.87 Å². The van der Waals surface area contributed by atoms with E-state index in [4.69, 9.17) is 0 Å². The van der Waals surface area contributed by atoms with E-state index in [2.05, 4.69) is 5.32 Å². The number of carbonyl (C=O) groups excluding carboxylic acids is 2. The molecule has 0 radical (unpaired) electrons. The lowest BCUT2D eigenvalue weighted by molar-refractivity contribution is -0.139. The maximum Gasteiger partial charge on any atom is 0.264 e. The molecular weight excluding hydrogens is 505 g/mol. The second-order valence-electron chi connectivity index (χ2n) is 9.27. The molecule has 0 aliphatic rings. The van der Waals surface area contributed by atoms with Crippen LogP contribution < -0.4 is 9.62 Å². The molecule has 2 amide bonds. The highest BCUT2D eigenvalue weighted by molar-refractivity contribution is 7.92. The van der Waals surface area contributed by atoms with E-state index >= 15 is 0 Å². The summed E-state index contributed by atoms with van der Waals surface area (Å²) in [7, 11) is -4.14. The first-order valence-corrected chi connectivity index (χ1v) is 14.0. The van der Waals surface area contributed by atoms with Gasteiger partial charge in [-0.15, -0.1) is 0 Å². The molecule has 1 N–H and O–H groups in total. The van der Waals surface area contributed by atoms with Crippen molar-refractivity contribution in [3.8, 4) is 0 Å². The number of carbonyl (C=O) groups is 2. The quantitative estimate of drug-likeness (QED) is 0.384. The average Bonchev–Trinajstić information content (AvgIpc) is 2.91. The van der Waals surface area contributed by atoms with Gasteiger partial charge >= 0.3 is 0 Å². The number of anilines is 1. The van der Waals surface area contributed by atoms with Gasteiger partial charge < -0.3 is 10.2 Å². The monoisotopic (exact) mass is 539 g/mol.